The van der Waals surface area contributed by atoms with Crippen LogP contribution in [0, 0.1) is 0 Å². The van der Waals surface area contributed by atoms with Crippen molar-refractivity contribution in [3.05, 3.63) is 34.9 Å². The van der Waals surface area contributed by atoms with Crippen LogP contribution in [0.1, 0.15) is 36.0 Å². The van der Waals surface area contributed by atoms with Crippen molar-refractivity contribution in [1.29, 1.82) is 0 Å². The van der Waals surface area contributed by atoms with Crippen LogP contribution in [0.2, 0.25) is 0 Å². The predicted molar refractivity (Wildman–Crippen MR) is 66.3 cm³/mol. The number of nitrogens with zero attached hydrogens (tertiary/aromatic N) is 1. The van der Waals surface area contributed by atoms with Gasteiger partial charge in [0.1, 0.15) is 0 Å². The molecule has 2 aliphatic carbocycles. The highest BCUT2D eigenvalue weighted by Gasteiger charge is 2.52. The maximum Gasteiger partial charge on any atom is 0.246 e. The highest BCUT2D eigenvalue weighted by atomic mass is 16.2. The third-order valence-electron chi connectivity index (χ3n) is 4.13. The Labute approximate surface area is 102 Å². The fraction of sp³-hybridized carbons (Fsp3) is 0.500. The highest BCUT2D eigenvalue weighted by molar-refractivity contribution is 5.90. The van der Waals surface area contributed by atoms with Gasteiger partial charge in [-0.3, -0.25) is 9.80 Å². The summed E-state index contributed by atoms with van der Waals surface area (Å²) < 4.78 is 0. The van der Waals surface area contributed by atoms with Crippen molar-refractivity contribution in [1.82, 2.24) is 5.01 Å². The molecule has 2 aliphatic rings. The van der Waals surface area contributed by atoms with Crippen LogP contribution >= 0.6 is 0 Å². The molecule has 0 heterocycles. The van der Waals surface area contributed by atoms with Gasteiger partial charge >= 0.3 is 0 Å². The number of rotatable bonds is 2. The molecular formula is C14H18N2O. The second-order valence-electron chi connectivity index (χ2n) is 5.34. The van der Waals surface area contributed by atoms with Crippen molar-refractivity contribution in [2.45, 2.75) is 37.5 Å². The standard InChI is InChI=1S/C14H18N2O/c1-16(15)13(17)14(7-8-14)12-6-5-10-3-2-4-11(10)9-12/h5-6,9H,2-4,7-8,15H2,1H3. The molecule has 1 saturated carbocycles. The molecule has 0 radical (unpaired) electrons. The lowest BCUT2D eigenvalue weighted by Crippen LogP contribution is -2.41. The van der Waals surface area contributed by atoms with Gasteiger partial charge in [-0.1, -0.05) is 18.2 Å². The van der Waals surface area contributed by atoms with Crippen LogP contribution in [-0.2, 0) is 23.1 Å². The smallest absolute Gasteiger partial charge is 0.246 e. The van der Waals surface area contributed by atoms with E-state index < -0.39 is 0 Å². The number of carbonyl (C=O) groups is 1. The fourth-order valence-electron chi connectivity index (χ4n) is 2.96. The van der Waals surface area contributed by atoms with Gasteiger partial charge in [-0.05, 0) is 48.8 Å². The van der Waals surface area contributed by atoms with Gasteiger partial charge in [0.2, 0.25) is 5.91 Å². The molecule has 3 rings (SSSR count). The second-order valence-corrected chi connectivity index (χ2v) is 5.34. The van der Waals surface area contributed by atoms with Gasteiger partial charge in [-0.25, -0.2) is 5.84 Å². The van der Waals surface area contributed by atoms with Crippen molar-refractivity contribution in [2.24, 2.45) is 5.84 Å². The van der Waals surface area contributed by atoms with E-state index >= 15 is 0 Å². The first-order valence-corrected chi connectivity index (χ1v) is 6.29. The van der Waals surface area contributed by atoms with Gasteiger partial charge in [0.15, 0.2) is 0 Å². The van der Waals surface area contributed by atoms with Crippen LogP contribution in [0.4, 0.5) is 0 Å². The largest absolute Gasteiger partial charge is 0.283 e. The number of carbonyl (C=O) groups excluding carboxylic acids is 1. The van der Waals surface area contributed by atoms with Crippen LogP contribution < -0.4 is 5.84 Å². The van der Waals surface area contributed by atoms with Gasteiger partial charge in [-0.15, -0.1) is 0 Å². The Kier molecular flexibility index (Phi) is 2.26. The molecule has 17 heavy (non-hydrogen) atoms. The molecule has 0 atom stereocenters. The predicted octanol–water partition coefficient (Wildman–Crippen LogP) is 1.54. The van der Waals surface area contributed by atoms with E-state index in [1.54, 1.807) is 7.05 Å². The van der Waals surface area contributed by atoms with Crippen LogP contribution in [0.15, 0.2) is 18.2 Å². The minimum absolute atomic E-state index is 0.0513. The van der Waals surface area contributed by atoms with Gasteiger partial charge in [0, 0.05) is 7.05 Å². The van der Waals surface area contributed by atoms with E-state index in [-0.39, 0.29) is 11.3 Å². The monoisotopic (exact) mass is 230 g/mol. The van der Waals surface area contributed by atoms with Gasteiger partial charge < -0.3 is 0 Å². The van der Waals surface area contributed by atoms with E-state index in [1.807, 2.05) is 0 Å². The van der Waals surface area contributed by atoms with Crippen LogP contribution in [0.25, 0.3) is 0 Å². The molecule has 0 spiro atoms. The van der Waals surface area contributed by atoms with Gasteiger partial charge in [0.25, 0.3) is 0 Å². The number of nitrogens with two attached hydrogens (primary N) is 1. The maximum atomic E-state index is 12.1. The summed E-state index contributed by atoms with van der Waals surface area (Å²) in [5.41, 5.74) is 3.75. The number of aryl methyl sites for hydroxylation is 2. The first-order valence-electron chi connectivity index (χ1n) is 6.29. The highest BCUT2D eigenvalue weighted by Crippen LogP contribution is 2.49. The molecule has 1 fully saturated rings. The second kappa shape index (κ2) is 3.57. The van der Waals surface area contributed by atoms with E-state index in [9.17, 15) is 4.79 Å². The molecule has 1 aromatic rings. The topological polar surface area (TPSA) is 46.3 Å². The quantitative estimate of drug-likeness (QED) is 0.476. The summed E-state index contributed by atoms with van der Waals surface area (Å²) in [6.45, 7) is 0. The molecule has 0 bridgehead atoms. The zero-order valence-corrected chi connectivity index (χ0v) is 10.2. The molecular weight excluding hydrogens is 212 g/mol. The van der Waals surface area contributed by atoms with E-state index in [0.717, 1.165) is 19.3 Å². The molecule has 0 unspecified atom stereocenters. The lowest BCUT2D eigenvalue weighted by Gasteiger charge is -2.20. The third kappa shape index (κ3) is 1.57. The zero-order chi connectivity index (χ0) is 12.0. The van der Waals surface area contributed by atoms with Crippen molar-refractivity contribution in [3.63, 3.8) is 0 Å². The average Bonchev–Trinajstić information content (AvgIpc) is 2.99. The molecule has 1 amide bonds. The van der Waals surface area contributed by atoms with Crippen molar-refractivity contribution >= 4 is 5.91 Å². The van der Waals surface area contributed by atoms with Crippen molar-refractivity contribution in [2.75, 3.05) is 7.05 Å². The molecule has 2 N–H and O–H groups in total. The van der Waals surface area contributed by atoms with Crippen molar-refractivity contribution in [3.8, 4) is 0 Å². The number of amides is 1. The molecule has 3 nitrogen and oxygen atoms in total. The Hall–Kier alpha value is -1.35. The first kappa shape index (κ1) is 10.8. The van der Waals surface area contributed by atoms with Crippen molar-refractivity contribution < 1.29 is 4.79 Å². The number of fused-ring (bicyclic) bond motifs is 1. The average molecular weight is 230 g/mol. The Balaban J connectivity index is 1.97. The molecule has 0 aromatic heterocycles. The lowest BCUT2D eigenvalue weighted by atomic mass is 9.92. The third-order valence-corrected chi connectivity index (χ3v) is 4.13. The Morgan fingerprint density at radius 3 is 2.65 bits per heavy atom. The zero-order valence-electron chi connectivity index (χ0n) is 10.2. The molecule has 0 saturated heterocycles. The van der Waals surface area contributed by atoms with E-state index in [2.05, 4.69) is 18.2 Å². The summed E-state index contributed by atoms with van der Waals surface area (Å²) in [6.07, 6.45) is 5.47. The summed E-state index contributed by atoms with van der Waals surface area (Å²) in [6, 6.07) is 6.55. The summed E-state index contributed by atoms with van der Waals surface area (Å²) in [7, 11) is 1.63. The fourth-order valence-corrected chi connectivity index (χ4v) is 2.96. The lowest BCUT2D eigenvalue weighted by molar-refractivity contribution is -0.132. The van der Waals surface area contributed by atoms with Gasteiger partial charge in [-0.2, -0.15) is 0 Å². The summed E-state index contributed by atoms with van der Waals surface area (Å²) in [5.74, 6) is 5.65. The Bertz CT molecular complexity index is 475. The summed E-state index contributed by atoms with van der Waals surface area (Å²) >= 11 is 0. The van der Waals surface area contributed by atoms with E-state index in [1.165, 1.54) is 34.5 Å². The molecule has 3 heteroatoms. The normalized spacial score (nSPS) is 19.9. The van der Waals surface area contributed by atoms with E-state index in [4.69, 9.17) is 5.84 Å². The summed E-state index contributed by atoms with van der Waals surface area (Å²) in [4.78, 5) is 12.1. The summed E-state index contributed by atoms with van der Waals surface area (Å²) in [5, 5.41) is 1.24. The molecule has 0 aliphatic heterocycles. The van der Waals surface area contributed by atoms with Crippen LogP contribution in [-0.4, -0.2) is 18.0 Å². The van der Waals surface area contributed by atoms with Crippen LogP contribution in [0.3, 0.4) is 0 Å². The van der Waals surface area contributed by atoms with E-state index in [0.29, 0.717) is 0 Å². The minimum atomic E-state index is -0.304. The molecule has 90 valence electrons. The number of hydrazine groups is 1. The minimum Gasteiger partial charge on any atom is -0.283 e. The SMILES string of the molecule is CN(N)C(=O)C1(c2ccc3c(c2)CCC3)CC1. The van der Waals surface area contributed by atoms with Crippen LogP contribution in [0.5, 0.6) is 0 Å². The number of hydrogen-bond acceptors (Lipinski definition) is 2. The number of hydrogen-bond donors (Lipinski definition) is 1. The van der Waals surface area contributed by atoms with Gasteiger partial charge in [0.05, 0.1) is 5.41 Å². The number of likely N-dealkylation sites (N-methyl/N-ethyl adjacent to an activating group) is 1. The Morgan fingerprint density at radius 1 is 1.29 bits per heavy atom. The first-order chi connectivity index (χ1) is 8.13. The molecule has 1 aromatic carbocycles. The Morgan fingerprint density at radius 2 is 2.00 bits per heavy atom. The maximum absolute atomic E-state index is 12.1. The number of benzene rings is 1.